The van der Waals surface area contributed by atoms with Crippen LogP contribution < -0.4 is 5.32 Å². The number of halogens is 3. The van der Waals surface area contributed by atoms with Gasteiger partial charge in [0.2, 0.25) is 11.8 Å². The Kier molecular flexibility index (Phi) is 5.28. The molecule has 0 spiro atoms. The Balaban J connectivity index is 2.62. The van der Waals surface area contributed by atoms with Crippen molar-refractivity contribution in [1.82, 2.24) is 5.16 Å². The Labute approximate surface area is 140 Å². The van der Waals surface area contributed by atoms with Crippen molar-refractivity contribution in [3.8, 4) is 11.3 Å². The minimum atomic E-state index is -0.767. The van der Waals surface area contributed by atoms with Gasteiger partial charge in [0.05, 0.1) is 17.2 Å². The number of hydrogen-bond donors (Lipinski definition) is 1. The molecule has 0 saturated heterocycles. The number of aromatic nitrogens is 1. The van der Waals surface area contributed by atoms with Gasteiger partial charge in [-0.15, -0.1) is 11.6 Å². The summed E-state index contributed by atoms with van der Waals surface area (Å²) in [6, 6.07) is 4.80. The first kappa shape index (κ1) is 16.6. The Bertz CT molecular complexity index is 710. The molecule has 1 aromatic carbocycles. The summed E-state index contributed by atoms with van der Waals surface area (Å²) in [4.78, 5) is 23.4. The van der Waals surface area contributed by atoms with Gasteiger partial charge in [-0.1, -0.05) is 34.4 Å². The smallest absolute Gasteiger partial charge is 0.345 e. The van der Waals surface area contributed by atoms with E-state index in [9.17, 15) is 9.59 Å². The molecule has 0 bridgehead atoms. The fraction of sp³-hybridized carbons (Fsp3) is 0.154. The van der Waals surface area contributed by atoms with Crippen molar-refractivity contribution in [1.29, 1.82) is 0 Å². The van der Waals surface area contributed by atoms with Gasteiger partial charge in [-0.05, 0) is 12.1 Å². The number of rotatable bonds is 4. The van der Waals surface area contributed by atoms with E-state index in [0.29, 0.717) is 5.56 Å². The Morgan fingerprint density at radius 3 is 2.50 bits per heavy atom. The standard InChI is InChI=1S/C13H9Cl3N2O4/c1-21-13(20)10-11(9-6(15)3-2-4-7(9)16)18-22-12(10)17-8(19)5-14/h2-4H,5H2,1H3,(H,17,19). The van der Waals surface area contributed by atoms with Crippen molar-refractivity contribution in [2.45, 2.75) is 0 Å². The monoisotopic (exact) mass is 362 g/mol. The molecule has 0 unspecified atom stereocenters. The van der Waals surface area contributed by atoms with E-state index in [0.717, 1.165) is 0 Å². The van der Waals surface area contributed by atoms with Gasteiger partial charge in [-0.2, -0.15) is 0 Å². The van der Waals surface area contributed by atoms with Crippen LogP contribution in [-0.2, 0) is 9.53 Å². The third-order valence-electron chi connectivity index (χ3n) is 2.66. The molecule has 9 heteroatoms. The molecule has 0 atom stereocenters. The number of nitrogens with zero attached hydrogens (tertiary/aromatic N) is 1. The lowest BCUT2D eigenvalue weighted by molar-refractivity contribution is -0.114. The van der Waals surface area contributed by atoms with Crippen LogP contribution in [0.3, 0.4) is 0 Å². The molecule has 1 N–H and O–H groups in total. The molecular weight excluding hydrogens is 355 g/mol. The molecule has 116 valence electrons. The van der Waals surface area contributed by atoms with E-state index in [1.807, 2.05) is 0 Å². The van der Waals surface area contributed by atoms with E-state index >= 15 is 0 Å². The number of nitrogens with one attached hydrogen (secondary N) is 1. The SMILES string of the molecule is COC(=O)c1c(-c2c(Cl)cccc2Cl)noc1NC(=O)CCl. The summed E-state index contributed by atoms with van der Waals surface area (Å²) in [6.07, 6.45) is 0. The number of carbonyl (C=O) groups is 2. The summed E-state index contributed by atoms with van der Waals surface area (Å²) in [7, 11) is 1.18. The highest BCUT2D eigenvalue weighted by Crippen LogP contribution is 2.38. The molecule has 2 aromatic rings. The van der Waals surface area contributed by atoms with E-state index < -0.39 is 11.9 Å². The van der Waals surface area contributed by atoms with Crippen LogP contribution in [0.2, 0.25) is 10.0 Å². The van der Waals surface area contributed by atoms with Gasteiger partial charge < -0.3 is 9.26 Å². The number of methoxy groups -OCH3 is 1. The van der Waals surface area contributed by atoms with Crippen LogP contribution >= 0.6 is 34.8 Å². The number of hydrogen-bond acceptors (Lipinski definition) is 5. The quantitative estimate of drug-likeness (QED) is 0.663. The van der Waals surface area contributed by atoms with Crippen molar-refractivity contribution >= 4 is 52.6 Å². The number of anilines is 1. The first-order valence-electron chi connectivity index (χ1n) is 5.87. The fourth-order valence-electron chi connectivity index (χ4n) is 1.72. The van der Waals surface area contributed by atoms with E-state index in [-0.39, 0.29) is 33.1 Å². The zero-order chi connectivity index (χ0) is 16.3. The van der Waals surface area contributed by atoms with Crippen molar-refractivity contribution in [2.75, 3.05) is 18.3 Å². The van der Waals surface area contributed by atoms with E-state index in [1.54, 1.807) is 18.2 Å². The lowest BCUT2D eigenvalue weighted by Gasteiger charge is -2.06. The molecule has 0 fully saturated rings. The summed E-state index contributed by atoms with van der Waals surface area (Å²) in [6.45, 7) is 0. The van der Waals surface area contributed by atoms with Crippen LogP contribution in [0.15, 0.2) is 22.7 Å². The lowest BCUT2D eigenvalue weighted by atomic mass is 10.1. The second-order valence-electron chi connectivity index (χ2n) is 4.01. The number of alkyl halides is 1. The molecule has 0 aliphatic carbocycles. The van der Waals surface area contributed by atoms with Crippen LogP contribution in [-0.4, -0.2) is 30.0 Å². The third kappa shape index (κ3) is 3.19. The van der Waals surface area contributed by atoms with Gasteiger partial charge in [0.15, 0.2) is 5.56 Å². The molecule has 2 rings (SSSR count). The second-order valence-corrected chi connectivity index (χ2v) is 5.09. The number of ether oxygens (including phenoxy) is 1. The maximum atomic E-state index is 12.0. The molecule has 1 amide bonds. The first-order chi connectivity index (χ1) is 10.5. The zero-order valence-corrected chi connectivity index (χ0v) is 13.4. The highest BCUT2D eigenvalue weighted by Gasteiger charge is 2.28. The molecule has 0 saturated carbocycles. The summed E-state index contributed by atoms with van der Waals surface area (Å²) in [5, 5.41) is 6.61. The van der Waals surface area contributed by atoms with Gasteiger partial charge >= 0.3 is 5.97 Å². The minimum Gasteiger partial charge on any atom is -0.465 e. The molecule has 0 radical (unpaired) electrons. The first-order valence-corrected chi connectivity index (χ1v) is 7.16. The second kappa shape index (κ2) is 7.00. The summed E-state index contributed by atoms with van der Waals surface area (Å²) in [5.41, 5.74) is 0.254. The van der Waals surface area contributed by atoms with Crippen molar-refractivity contribution < 1.29 is 18.8 Å². The molecule has 0 aliphatic heterocycles. The lowest BCUT2D eigenvalue weighted by Crippen LogP contribution is -2.15. The molecule has 22 heavy (non-hydrogen) atoms. The molecule has 1 aromatic heterocycles. The predicted octanol–water partition coefficient (Wildman–Crippen LogP) is 3.61. The average molecular weight is 364 g/mol. The van der Waals surface area contributed by atoms with E-state index in [4.69, 9.17) is 39.3 Å². The largest absolute Gasteiger partial charge is 0.465 e. The predicted molar refractivity (Wildman–Crippen MR) is 82.6 cm³/mol. The number of carbonyl (C=O) groups excluding carboxylic acids is 2. The zero-order valence-electron chi connectivity index (χ0n) is 11.2. The average Bonchev–Trinajstić information content (AvgIpc) is 2.89. The van der Waals surface area contributed by atoms with Crippen LogP contribution in [0.1, 0.15) is 10.4 Å². The van der Waals surface area contributed by atoms with Crippen molar-refractivity contribution in [3.05, 3.63) is 33.8 Å². The summed E-state index contributed by atoms with van der Waals surface area (Å²) < 4.78 is 9.68. The third-order valence-corrected chi connectivity index (χ3v) is 3.53. The molecule has 6 nitrogen and oxygen atoms in total. The van der Waals surface area contributed by atoms with Gasteiger partial charge in [0.1, 0.15) is 11.6 Å². The highest BCUT2D eigenvalue weighted by molar-refractivity contribution is 6.39. The summed E-state index contributed by atoms with van der Waals surface area (Å²) >= 11 is 17.6. The Morgan fingerprint density at radius 2 is 1.95 bits per heavy atom. The van der Waals surface area contributed by atoms with Gasteiger partial charge in [0.25, 0.3) is 0 Å². The van der Waals surface area contributed by atoms with Crippen LogP contribution in [0.4, 0.5) is 5.88 Å². The summed E-state index contributed by atoms with van der Waals surface area (Å²) in [5.74, 6) is -1.84. The van der Waals surface area contributed by atoms with Crippen molar-refractivity contribution in [2.24, 2.45) is 0 Å². The highest BCUT2D eigenvalue weighted by atomic mass is 35.5. The Hall–Kier alpha value is -1.76. The van der Waals surface area contributed by atoms with Crippen LogP contribution in [0.5, 0.6) is 0 Å². The maximum absolute atomic E-state index is 12.0. The van der Waals surface area contributed by atoms with E-state index in [2.05, 4.69) is 15.2 Å². The van der Waals surface area contributed by atoms with Gasteiger partial charge in [-0.25, -0.2) is 4.79 Å². The minimum absolute atomic E-state index is 0.0623. The number of esters is 1. The fourth-order valence-corrected chi connectivity index (χ4v) is 2.36. The normalized spacial score (nSPS) is 10.4. The Morgan fingerprint density at radius 1 is 1.32 bits per heavy atom. The number of amides is 1. The van der Waals surface area contributed by atoms with Crippen molar-refractivity contribution in [3.63, 3.8) is 0 Å². The molecular formula is C13H9Cl3N2O4. The topological polar surface area (TPSA) is 81.4 Å². The number of benzene rings is 1. The van der Waals surface area contributed by atoms with Crippen LogP contribution in [0, 0.1) is 0 Å². The van der Waals surface area contributed by atoms with Gasteiger partial charge in [-0.3, -0.25) is 10.1 Å². The van der Waals surface area contributed by atoms with Crippen LogP contribution in [0.25, 0.3) is 11.3 Å². The molecule has 1 heterocycles. The maximum Gasteiger partial charge on any atom is 0.345 e. The van der Waals surface area contributed by atoms with E-state index in [1.165, 1.54) is 7.11 Å². The molecule has 0 aliphatic rings. The van der Waals surface area contributed by atoms with Gasteiger partial charge in [0, 0.05) is 5.56 Å².